The van der Waals surface area contributed by atoms with Crippen molar-refractivity contribution < 1.29 is 9.59 Å². The zero-order valence-electron chi connectivity index (χ0n) is 17.0. The second kappa shape index (κ2) is 10.4. The predicted octanol–water partition coefficient (Wildman–Crippen LogP) is 4.63. The van der Waals surface area contributed by atoms with Crippen LogP contribution in [0.4, 0.5) is 0 Å². The maximum atomic E-state index is 13.2. The smallest absolute Gasteiger partial charge is 0.242 e. The van der Waals surface area contributed by atoms with Crippen molar-refractivity contribution in [3.8, 4) is 0 Å². The molecule has 2 aromatic rings. The molecule has 0 aromatic heterocycles. The van der Waals surface area contributed by atoms with Gasteiger partial charge in [0.1, 0.15) is 6.04 Å². The molecule has 0 saturated carbocycles. The summed E-state index contributed by atoms with van der Waals surface area (Å²) >= 11 is 3.48. The summed E-state index contributed by atoms with van der Waals surface area (Å²) in [5.74, 6) is -0.177. The number of amides is 2. The van der Waals surface area contributed by atoms with Gasteiger partial charge in [0, 0.05) is 17.1 Å². The van der Waals surface area contributed by atoms with Gasteiger partial charge in [-0.15, -0.1) is 0 Å². The minimum absolute atomic E-state index is 0.0546. The molecular formula is C23H29BrN2O2. The first-order valence-corrected chi connectivity index (χ1v) is 10.5. The van der Waals surface area contributed by atoms with Gasteiger partial charge in [0.25, 0.3) is 0 Å². The maximum absolute atomic E-state index is 13.2. The second-order valence-corrected chi connectivity index (χ2v) is 8.16. The molecule has 0 bridgehead atoms. The number of carbonyl (C=O) groups excluding carboxylic acids is 2. The van der Waals surface area contributed by atoms with Crippen molar-refractivity contribution in [3.05, 3.63) is 69.7 Å². The molecule has 28 heavy (non-hydrogen) atoms. The van der Waals surface area contributed by atoms with Crippen LogP contribution in [-0.2, 0) is 22.6 Å². The highest BCUT2D eigenvalue weighted by atomic mass is 79.9. The Labute approximate surface area is 176 Å². The molecular weight excluding hydrogens is 416 g/mol. The van der Waals surface area contributed by atoms with Crippen LogP contribution >= 0.6 is 15.9 Å². The molecule has 0 spiro atoms. The van der Waals surface area contributed by atoms with E-state index in [0.29, 0.717) is 6.54 Å². The van der Waals surface area contributed by atoms with E-state index in [-0.39, 0.29) is 24.3 Å². The Morgan fingerprint density at radius 1 is 1.11 bits per heavy atom. The van der Waals surface area contributed by atoms with Gasteiger partial charge in [-0.1, -0.05) is 59.3 Å². The van der Waals surface area contributed by atoms with Crippen molar-refractivity contribution in [1.29, 1.82) is 0 Å². The van der Waals surface area contributed by atoms with Gasteiger partial charge >= 0.3 is 0 Å². The van der Waals surface area contributed by atoms with E-state index >= 15 is 0 Å². The second-order valence-electron chi connectivity index (χ2n) is 7.25. The Bertz CT molecular complexity index is 822. The summed E-state index contributed by atoms with van der Waals surface area (Å²) in [5, 5.41) is 2.99. The lowest BCUT2D eigenvalue weighted by Gasteiger charge is -2.30. The van der Waals surface area contributed by atoms with Crippen LogP contribution < -0.4 is 5.32 Å². The van der Waals surface area contributed by atoms with Crippen molar-refractivity contribution in [2.45, 2.75) is 59.2 Å². The molecule has 0 radical (unpaired) electrons. The van der Waals surface area contributed by atoms with E-state index in [9.17, 15) is 9.59 Å². The Kier molecular flexibility index (Phi) is 8.24. The first-order valence-electron chi connectivity index (χ1n) is 9.70. The number of halogens is 1. The normalized spacial score (nSPS) is 12.9. The molecule has 4 nitrogen and oxygen atoms in total. The zero-order valence-corrected chi connectivity index (χ0v) is 18.6. The maximum Gasteiger partial charge on any atom is 0.242 e. The van der Waals surface area contributed by atoms with Crippen LogP contribution in [0.15, 0.2) is 53.0 Å². The summed E-state index contributed by atoms with van der Waals surface area (Å²) < 4.78 is 0.952. The van der Waals surface area contributed by atoms with Gasteiger partial charge in [0.15, 0.2) is 0 Å². The summed E-state index contributed by atoms with van der Waals surface area (Å²) in [7, 11) is 0. The quantitative estimate of drug-likeness (QED) is 0.644. The van der Waals surface area contributed by atoms with Gasteiger partial charge < -0.3 is 10.2 Å². The highest BCUT2D eigenvalue weighted by Gasteiger charge is 2.27. The number of rotatable bonds is 8. The lowest BCUT2D eigenvalue weighted by atomic mass is 10.0. The van der Waals surface area contributed by atoms with Crippen molar-refractivity contribution >= 4 is 27.7 Å². The third kappa shape index (κ3) is 6.20. The summed E-state index contributed by atoms with van der Waals surface area (Å²) in [6.45, 7) is 8.18. The minimum Gasteiger partial charge on any atom is -0.352 e. The summed E-state index contributed by atoms with van der Waals surface area (Å²) in [6.07, 6.45) is 1.13. The van der Waals surface area contributed by atoms with Crippen LogP contribution in [-0.4, -0.2) is 28.8 Å². The Hall–Kier alpha value is -2.14. The molecule has 2 amide bonds. The van der Waals surface area contributed by atoms with Gasteiger partial charge in [-0.25, -0.2) is 0 Å². The number of hydrogen-bond donors (Lipinski definition) is 1. The Balaban J connectivity index is 2.25. The highest BCUT2D eigenvalue weighted by Crippen LogP contribution is 2.17. The molecule has 0 aliphatic heterocycles. The molecule has 1 N–H and O–H groups in total. The fourth-order valence-electron chi connectivity index (χ4n) is 2.95. The molecule has 0 fully saturated rings. The average molecular weight is 445 g/mol. The van der Waals surface area contributed by atoms with Crippen molar-refractivity contribution in [3.63, 3.8) is 0 Å². The van der Waals surface area contributed by atoms with Gasteiger partial charge in [0.2, 0.25) is 11.8 Å². The largest absolute Gasteiger partial charge is 0.352 e. The summed E-state index contributed by atoms with van der Waals surface area (Å²) in [4.78, 5) is 27.6. The van der Waals surface area contributed by atoms with E-state index < -0.39 is 6.04 Å². The monoisotopic (exact) mass is 444 g/mol. The molecule has 150 valence electrons. The fraction of sp³-hybridized carbons (Fsp3) is 0.391. The van der Waals surface area contributed by atoms with Crippen molar-refractivity contribution in [1.82, 2.24) is 10.2 Å². The molecule has 0 unspecified atom stereocenters. The molecule has 2 aromatic carbocycles. The van der Waals surface area contributed by atoms with E-state index in [1.165, 1.54) is 0 Å². The third-order valence-corrected chi connectivity index (χ3v) is 5.51. The fourth-order valence-corrected chi connectivity index (χ4v) is 3.40. The lowest BCUT2D eigenvalue weighted by molar-refractivity contribution is -0.140. The average Bonchev–Trinajstić information content (AvgIpc) is 2.67. The van der Waals surface area contributed by atoms with E-state index in [1.807, 2.05) is 69.3 Å². The van der Waals surface area contributed by atoms with E-state index in [2.05, 4.69) is 21.2 Å². The summed E-state index contributed by atoms with van der Waals surface area (Å²) in [6, 6.07) is 15.2. The zero-order chi connectivity index (χ0) is 20.7. The highest BCUT2D eigenvalue weighted by molar-refractivity contribution is 9.10. The Morgan fingerprint density at radius 3 is 2.46 bits per heavy atom. The number of nitrogens with zero attached hydrogens (tertiary/aromatic N) is 1. The van der Waals surface area contributed by atoms with Gasteiger partial charge in [0.05, 0.1) is 6.42 Å². The van der Waals surface area contributed by atoms with Crippen LogP contribution in [0.1, 0.15) is 43.9 Å². The molecule has 2 rings (SSSR count). The molecule has 0 heterocycles. The van der Waals surface area contributed by atoms with E-state index in [4.69, 9.17) is 0 Å². The molecule has 0 saturated heterocycles. The first-order chi connectivity index (χ1) is 13.3. The number of carbonyl (C=O) groups is 2. The first kappa shape index (κ1) is 22.2. The topological polar surface area (TPSA) is 49.4 Å². The van der Waals surface area contributed by atoms with Gasteiger partial charge in [-0.2, -0.15) is 0 Å². The molecule has 0 aliphatic rings. The van der Waals surface area contributed by atoms with E-state index in [1.54, 1.807) is 11.8 Å². The van der Waals surface area contributed by atoms with Gasteiger partial charge in [-0.3, -0.25) is 9.59 Å². The van der Waals surface area contributed by atoms with Crippen LogP contribution in [0.3, 0.4) is 0 Å². The van der Waals surface area contributed by atoms with Crippen LogP contribution in [0.25, 0.3) is 0 Å². The Morgan fingerprint density at radius 2 is 1.82 bits per heavy atom. The molecule has 2 atom stereocenters. The van der Waals surface area contributed by atoms with Crippen LogP contribution in [0.5, 0.6) is 0 Å². The van der Waals surface area contributed by atoms with Crippen LogP contribution in [0, 0.1) is 6.92 Å². The number of benzene rings is 2. The minimum atomic E-state index is -0.551. The number of aryl methyl sites for hydroxylation is 1. The van der Waals surface area contributed by atoms with Gasteiger partial charge in [-0.05, 0) is 56.0 Å². The summed E-state index contributed by atoms with van der Waals surface area (Å²) in [5.41, 5.74) is 3.05. The molecule has 0 aliphatic carbocycles. The van der Waals surface area contributed by atoms with Crippen molar-refractivity contribution in [2.75, 3.05) is 0 Å². The van der Waals surface area contributed by atoms with Crippen LogP contribution in [0.2, 0.25) is 0 Å². The third-order valence-electron chi connectivity index (χ3n) is 5.01. The number of hydrogen-bond acceptors (Lipinski definition) is 2. The standard InChI is InChI=1S/C23H29BrN2O2/c1-5-17(3)25-23(28)18(4)26(15-19-10-8-12-21(24)13-19)22(27)14-20-11-7-6-9-16(20)2/h6-13,17-18H,5,14-15H2,1-4H3,(H,25,28)/t17-,18-/m1/s1. The number of nitrogens with one attached hydrogen (secondary N) is 1. The predicted molar refractivity (Wildman–Crippen MR) is 117 cm³/mol. The van der Waals surface area contributed by atoms with E-state index in [0.717, 1.165) is 27.6 Å². The molecule has 5 heteroatoms. The SMILES string of the molecule is CC[C@@H](C)NC(=O)[C@@H](C)N(Cc1cccc(Br)c1)C(=O)Cc1ccccc1C. The van der Waals surface area contributed by atoms with Crippen molar-refractivity contribution in [2.24, 2.45) is 0 Å². The lowest BCUT2D eigenvalue weighted by Crippen LogP contribution is -2.49.